The van der Waals surface area contributed by atoms with Gasteiger partial charge in [-0.3, -0.25) is 9.59 Å². The number of esters is 1. The number of amides is 2. The van der Waals surface area contributed by atoms with Gasteiger partial charge in [-0.1, -0.05) is 11.6 Å². The summed E-state index contributed by atoms with van der Waals surface area (Å²) in [4.78, 5) is 39.9. The van der Waals surface area contributed by atoms with Gasteiger partial charge in [0.2, 0.25) is 5.91 Å². The van der Waals surface area contributed by atoms with Crippen molar-refractivity contribution in [3.63, 3.8) is 0 Å². The highest BCUT2D eigenvalue weighted by Crippen LogP contribution is 2.42. The molecule has 2 atom stereocenters. The van der Waals surface area contributed by atoms with E-state index in [0.29, 0.717) is 31.0 Å². The lowest BCUT2D eigenvalue weighted by Gasteiger charge is -2.39. The van der Waals surface area contributed by atoms with Crippen LogP contribution in [0.5, 0.6) is 17.2 Å². The topological polar surface area (TPSA) is 132 Å². The van der Waals surface area contributed by atoms with Crippen molar-refractivity contribution in [1.82, 2.24) is 9.80 Å². The van der Waals surface area contributed by atoms with Gasteiger partial charge in [0.25, 0.3) is 5.91 Å². The molecular weight excluding hydrogens is 595 g/mol. The lowest BCUT2D eigenvalue weighted by Crippen LogP contribution is -2.49. The van der Waals surface area contributed by atoms with Crippen LogP contribution in [0.3, 0.4) is 0 Å². The number of carbonyl (C=O) groups excluding carboxylic acids is 3. The highest BCUT2D eigenvalue weighted by Gasteiger charge is 2.43. The maximum Gasteiger partial charge on any atom is 0.491 e. The summed E-state index contributed by atoms with van der Waals surface area (Å²) in [5.74, 6) is -3.63. The maximum atomic E-state index is 13.3. The van der Waals surface area contributed by atoms with Gasteiger partial charge in [0, 0.05) is 56.5 Å². The number of aliphatic hydroxyl groups is 1. The SMILES string of the molecule is NC(=O)[C@@H]1CCCN1C(=O)c1ccc(OC(=O)C(F)(F)F)cc1OC[C@@H](O)CN1CCC2(CC1)Cc1cc(Cl)ccc1O2. The number of aliphatic hydroxyl groups excluding tert-OH is 1. The highest BCUT2D eigenvalue weighted by molar-refractivity contribution is 6.30. The molecule has 0 aliphatic carbocycles. The number of nitrogens with two attached hydrogens (primary N) is 1. The number of ether oxygens (including phenoxy) is 3. The fourth-order valence-electron chi connectivity index (χ4n) is 5.85. The van der Waals surface area contributed by atoms with Crippen LogP contribution in [0.2, 0.25) is 5.02 Å². The molecule has 3 aliphatic rings. The Morgan fingerprint density at radius 1 is 1.14 bits per heavy atom. The van der Waals surface area contributed by atoms with Gasteiger partial charge in [-0.05, 0) is 48.7 Å². The van der Waals surface area contributed by atoms with Gasteiger partial charge in [0.15, 0.2) is 0 Å². The minimum Gasteiger partial charge on any atom is -0.490 e. The number of β-amino-alcohol motifs (C(OH)–C–C–N with tert-alkyl or cyclic N) is 1. The van der Waals surface area contributed by atoms with Crippen molar-refractivity contribution >= 4 is 29.4 Å². The molecule has 14 heteroatoms. The smallest absolute Gasteiger partial charge is 0.490 e. The zero-order valence-electron chi connectivity index (χ0n) is 23.1. The van der Waals surface area contributed by atoms with E-state index in [-0.39, 0.29) is 36.6 Å². The Bertz CT molecular complexity index is 1400. The van der Waals surface area contributed by atoms with Crippen LogP contribution < -0.4 is 19.9 Å². The standard InChI is InChI=1S/C29H31ClF3N3O7/c30-18-3-6-23-17(12-18)14-28(43-23)7-10-35(11-8-28)15-19(37)16-41-24-13-20(42-27(40)29(31,32)33)4-5-21(24)26(39)36-9-1-2-22(36)25(34)38/h3-6,12-13,19,22,37H,1-2,7-11,14-16H2,(H2,34,38)/t19-,22-/m0/s1. The van der Waals surface area contributed by atoms with Crippen molar-refractivity contribution in [2.45, 2.75) is 56.0 Å². The van der Waals surface area contributed by atoms with Gasteiger partial charge in [-0.15, -0.1) is 0 Å². The Labute approximate surface area is 250 Å². The predicted octanol–water partition coefficient (Wildman–Crippen LogP) is 3.11. The van der Waals surface area contributed by atoms with Crippen LogP contribution in [-0.2, 0) is 16.0 Å². The third-order valence-corrected chi connectivity index (χ3v) is 8.23. The molecule has 5 rings (SSSR count). The van der Waals surface area contributed by atoms with Gasteiger partial charge in [-0.2, -0.15) is 13.2 Å². The Balaban J connectivity index is 1.23. The van der Waals surface area contributed by atoms with Crippen molar-refractivity contribution in [1.29, 1.82) is 0 Å². The predicted molar refractivity (Wildman–Crippen MR) is 147 cm³/mol. The molecule has 0 unspecified atom stereocenters. The van der Waals surface area contributed by atoms with E-state index in [4.69, 9.17) is 26.8 Å². The molecule has 2 amide bonds. The summed E-state index contributed by atoms with van der Waals surface area (Å²) in [6.07, 6.45) is -3.13. The lowest BCUT2D eigenvalue weighted by molar-refractivity contribution is -0.189. The fraction of sp³-hybridized carbons (Fsp3) is 0.483. The van der Waals surface area contributed by atoms with Crippen LogP contribution in [0.15, 0.2) is 36.4 Å². The molecule has 0 aromatic heterocycles. The van der Waals surface area contributed by atoms with Crippen LogP contribution >= 0.6 is 11.6 Å². The maximum absolute atomic E-state index is 13.3. The number of primary amides is 1. The van der Waals surface area contributed by atoms with Crippen molar-refractivity contribution in [2.75, 3.05) is 32.8 Å². The summed E-state index contributed by atoms with van der Waals surface area (Å²) in [7, 11) is 0. The monoisotopic (exact) mass is 625 g/mol. The quantitative estimate of drug-likeness (QED) is 0.338. The molecule has 1 spiro atoms. The minimum atomic E-state index is -5.23. The number of carbonyl (C=O) groups is 3. The molecule has 2 aromatic rings. The number of likely N-dealkylation sites (tertiary alicyclic amines) is 2. The van der Waals surface area contributed by atoms with Crippen LogP contribution in [0.1, 0.15) is 41.6 Å². The summed E-state index contributed by atoms with van der Waals surface area (Å²) in [5, 5.41) is 11.4. The first kappa shape index (κ1) is 30.9. The number of rotatable bonds is 8. The summed E-state index contributed by atoms with van der Waals surface area (Å²) in [6, 6.07) is 7.88. The number of halogens is 4. The van der Waals surface area contributed by atoms with Gasteiger partial charge in [0.1, 0.15) is 41.6 Å². The van der Waals surface area contributed by atoms with E-state index in [9.17, 15) is 32.7 Å². The average molecular weight is 626 g/mol. The second-order valence-electron chi connectivity index (χ2n) is 11.1. The Hall–Kier alpha value is -3.55. The summed E-state index contributed by atoms with van der Waals surface area (Å²) in [5.41, 5.74) is 6.10. The number of fused-ring (bicyclic) bond motifs is 1. The third-order valence-electron chi connectivity index (χ3n) is 8.00. The van der Waals surface area contributed by atoms with Crippen LogP contribution in [0.4, 0.5) is 13.2 Å². The molecule has 43 heavy (non-hydrogen) atoms. The molecular formula is C29H31ClF3N3O7. The van der Waals surface area contributed by atoms with E-state index in [1.54, 1.807) is 6.07 Å². The first-order valence-corrected chi connectivity index (χ1v) is 14.3. The van der Waals surface area contributed by atoms with E-state index in [0.717, 1.165) is 48.8 Å². The molecule has 3 N–H and O–H groups in total. The summed E-state index contributed by atoms with van der Waals surface area (Å²) < 4.78 is 54.7. The number of hydrogen-bond acceptors (Lipinski definition) is 8. The van der Waals surface area contributed by atoms with E-state index in [1.807, 2.05) is 17.0 Å². The first-order valence-electron chi connectivity index (χ1n) is 13.9. The minimum absolute atomic E-state index is 0.0786. The van der Waals surface area contributed by atoms with Crippen LogP contribution in [0.25, 0.3) is 0 Å². The zero-order valence-corrected chi connectivity index (χ0v) is 23.8. The van der Waals surface area contributed by atoms with E-state index in [1.165, 1.54) is 4.90 Å². The summed E-state index contributed by atoms with van der Waals surface area (Å²) >= 11 is 6.12. The van der Waals surface area contributed by atoms with Gasteiger partial charge >= 0.3 is 12.1 Å². The highest BCUT2D eigenvalue weighted by atomic mass is 35.5. The lowest BCUT2D eigenvalue weighted by atomic mass is 9.87. The van der Waals surface area contributed by atoms with Crippen LogP contribution in [0, 0.1) is 0 Å². The molecule has 2 aromatic carbocycles. The summed E-state index contributed by atoms with van der Waals surface area (Å²) in [6.45, 7) is 1.47. The molecule has 0 bridgehead atoms. The van der Waals surface area contributed by atoms with Crippen molar-refractivity contribution in [3.8, 4) is 17.2 Å². The molecule has 0 radical (unpaired) electrons. The average Bonchev–Trinajstić information content (AvgIpc) is 3.57. The van der Waals surface area contributed by atoms with Gasteiger partial charge in [0.05, 0.1) is 5.56 Å². The van der Waals surface area contributed by atoms with Crippen molar-refractivity contribution in [3.05, 3.63) is 52.5 Å². The largest absolute Gasteiger partial charge is 0.491 e. The Morgan fingerprint density at radius 2 is 1.88 bits per heavy atom. The number of piperidine rings is 1. The molecule has 3 aliphatic heterocycles. The first-order chi connectivity index (χ1) is 20.3. The fourth-order valence-corrected chi connectivity index (χ4v) is 6.04. The second kappa shape index (κ2) is 12.2. The number of hydrogen-bond donors (Lipinski definition) is 2. The molecule has 232 valence electrons. The van der Waals surface area contributed by atoms with Gasteiger partial charge < -0.3 is 34.9 Å². The number of nitrogens with zero attached hydrogens (tertiary/aromatic N) is 2. The molecule has 0 saturated carbocycles. The van der Waals surface area contributed by atoms with Gasteiger partial charge in [-0.25, -0.2) is 4.79 Å². The van der Waals surface area contributed by atoms with E-state index < -0.39 is 41.9 Å². The van der Waals surface area contributed by atoms with Crippen LogP contribution in [-0.4, -0.2) is 89.4 Å². The molecule has 2 fully saturated rings. The molecule has 10 nitrogen and oxygen atoms in total. The van der Waals surface area contributed by atoms with E-state index >= 15 is 0 Å². The Morgan fingerprint density at radius 3 is 2.58 bits per heavy atom. The number of benzene rings is 2. The Kier molecular flexibility index (Phi) is 8.77. The van der Waals surface area contributed by atoms with Crippen molar-refractivity contribution in [2.24, 2.45) is 5.73 Å². The van der Waals surface area contributed by atoms with Crippen molar-refractivity contribution < 1.29 is 46.9 Å². The molecule has 2 saturated heterocycles. The van der Waals surface area contributed by atoms with E-state index in [2.05, 4.69) is 4.74 Å². The normalized spacial score (nSPS) is 20.4. The second-order valence-corrected chi connectivity index (χ2v) is 11.5. The molecule has 3 heterocycles. The number of alkyl halides is 3. The zero-order chi connectivity index (χ0) is 30.9. The third kappa shape index (κ3) is 7.00.